The standard InChI is InChI=1S/C43H52ClN8O5P/c1-57-37-25-30(16-17-34(37)48-43-46-26-33(44)40(50-43)47-35-14-7-8-15-38(35)58(2,3)56)51-23-20-29(21-24-51)45-22-9-5-4-6-11-28-12-10-13-31-32(28)27-52(42(31)55)36-18-19-39(53)49-41(36)54/h7-8,10,12-17,25-26,29,36,45H,4-6,9,11,18-24,27H2,1-3H3,(H,49,53,54)(H2,46,47,48,50). The van der Waals surface area contributed by atoms with Crippen molar-refractivity contribution >= 4 is 70.6 Å². The van der Waals surface area contributed by atoms with Crippen LogP contribution in [0.1, 0.15) is 72.9 Å². The Balaban J connectivity index is 0.835. The second-order valence-electron chi connectivity index (χ2n) is 15.6. The Hall–Kier alpha value is -4.97. The molecule has 3 amide bonds. The highest BCUT2D eigenvalue weighted by molar-refractivity contribution is 7.70. The van der Waals surface area contributed by atoms with Crippen molar-refractivity contribution in [1.29, 1.82) is 0 Å². The number of halogens is 1. The Labute approximate surface area is 345 Å². The number of anilines is 5. The fourth-order valence-corrected chi connectivity index (χ4v) is 9.41. The lowest BCUT2D eigenvalue weighted by molar-refractivity contribution is -0.136. The lowest BCUT2D eigenvalue weighted by Crippen LogP contribution is -2.52. The number of para-hydroxylation sites is 1. The number of amides is 3. The number of carbonyl (C=O) groups excluding carboxylic acids is 3. The number of methoxy groups -OCH3 is 1. The second-order valence-corrected chi connectivity index (χ2v) is 19.2. The van der Waals surface area contributed by atoms with E-state index >= 15 is 0 Å². The van der Waals surface area contributed by atoms with Crippen LogP contribution in [0.4, 0.5) is 28.8 Å². The third kappa shape index (κ3) is 9.65. The van der Waals surface area contributed by atoms with Gasteiger partial charge in [-0.25, -0.2) is 4.98 Å². The minimum atomic E-state index is -2.54. The first kappa shape index (κ1) is 41.2. The highest BCUT2D eigenvalue weighted by Crippen LogP contribution is 2.39. The summed E-state index contributed by atoms with van der Waals surface area (Å²) in [5.74, 6) is 0.656. The average Bonchev–Trinajstić information content (AvgIpc) is 3.55. The van der Waals surface area contributed by atoms with Crippen molar-refractivity contribution in [3.63, 3.8) is 0 Å². The molecule has 0 bridgehead atoms. The number of unbranched alkanes of at least 4 members (excludes halogenated alkanes) is 3. The highest BCUT2D eigenvalue weighted by atomic mass is 35.5. The summed E-state index contributed by atoms with van der Waals surface area (Å²) < 4.78 is 18.7. The highest BCUT2D eigenvalue weighted by Gasteiger charge is 2.39. The van der Waals surface area contributed by atoms with Gasteiger partial charge in [-0.3, -0.25) is 19.7 Å². The van der Waals surface area contributed by atoms with Crippen LogP contribution in [-0.4, -0.2) is 84.7 Å². The van der Waals surface area contributed by atoms with Gasteiger partial charge in [0, 0.05) is 54.7 Å². The SMILES string of the molecule is COc1cc(N2CCC(NCCCCCCc3cccc4c3CN(C3CCC(=O)NC3=O)C4=O)CC2)ccc1Nc1ncc(Cl)c(Nc2ccccc2P(C)(C)=O)n1. The number of fused-ring (bicyclic) bond motifs is 1. The Morgan fingerprint density at radius 3 is 2.50 bits per heavy atom. The Bertz CT molecular complexity index is 2210. The normalized spacial score (nSPS) is 17.3. The van der Waals surface area contributed by atoms with Crippen LogP contribution in [0.5, 0.6) is 5.75 Å². The third-order valence-electron chi connectivity index (χ3n) is 11.3. The maximum Gasteiger partial charge on any atom is 0.255 e. The molecule has 1 unspecified atom stereocenters. The molecule has 13 nitrogen and oxygen atoms in total. The molecule has 1 atom stereocenters. The molecule has 306 valence electrons. The Morgan fingerprint density at radius 2 is 1.72 bits per heavy atom. The van der Waals surface area contributed by atoms with Crippen molar-refractivity contribution in [3.8, 4) is 5.75 Å². The van der Waals surface area contributed by atoms with Crippen LogP contribution in [0, 0.1) is 0 Å². The van der Waals surface area contributed by atoms with Gasteiger partial charge in [-0.15, -0.1) is 0 Å². The van der Waals surface area contributed by atoms with Crippen LogP contribution in [-0.2, 0) is 27.1 Å². The number of aryl methyl sites for hydroxylation is 1. The largest absolute Gasteiger partial charge is 0.494 e. The van der Waals surface area contributed by atoms with E-state index in [1.165, 1.54) is 11.8 Å². The summed E-state index contributed by atoms with van der Waals surface area (Å²) in [6, 6.07) is 19.3. The van der Waals surface area contributed by atoms with Gasteiger partial charge in [0.25, 0.3) is 5.91 Å². The average molecular weight is 827 g/mol. The van der Waals surface area contributed by atoms with E-state index in [0.717, 1.165) is 86.8 Å². The molecule has 58 heavy (non-hydrogen) atoms. The number of imide groups is 1. The molecule has 4 N–H and O–H groups in total. The van der Waals surface area contributed by atoms with Crippen molar-refractivity contribution in [3.05, 3.63) is 88.6 Å². The number of nitrogens with one attached hydrogen (secondary N) is 4. The van der Waals surface area contributed by atoms with E-state index in [0.29, 0.717) is 52.8 Å². The molecule has 0 saturated carbocycles. The van der Waals surface area contributed by atoms with Gasteiger partial charge in [-0.1, -0.05) is 48.7 Å². The summed E-state index contributed by atoms with van der Waals surface area (Å²) in [6.07, 6.45) is 9.58. The number of ether oxygens (including phenoxy) is 1. The molecule has 0 radical (unpaired) electrons. The molecule has 0 aliphatic carbocycles. The predicted molar refractivity (Wildman–Crippen MR) is 230 cm³/mol. The first-order chi connectivity index (χ1) is 28.0. The summed E-state index contributed by atoms with van der Waals surface area (Å²) in [7, 11) is -0.894. The zero-order valence-corrected chi connectivity index (χ0v) is 35.0. The van der Waals surface area contributed by atoms with E-state index in [9.17, 15) is 18.9 Å². The zero-order chi connectivity index (χ0) is 40.8. The number of nitrogens with zero attached hydrogens (tertiary/aromatic N) is 4. The minimum absolute atomic E-state index is 0.117. The van der Waals surface area contributed by atoms with Crippen LogP contribution < -0.4 is 36.2 Å². The van der Waals surface area contributed by atoms with Gasteiger partial charge >= 0.3 is 0 Å². The number of benzene rings is 3. The smallest absolute Gasteiger partial charge is 0.255 e. The maximum atomic E-state index is 13.2. The molecule has 15 heteroatoms. The van der Waals surface area contributed by atoms with Gasteiger partial charge in [-0.05, 0) is 99.9 Å². The molecular formula is C43H52ClN8O5P. The summed E-state index contributed by atoms with van der Waals surface area (Å²) >= 11 is 6.47. The van der Waals surface area contributed by atoms with E-state index in [4.69, 9.17) is 16.3 Å². The molecule has 2 saturated heterocycles. The fraction of sp³-hybridized carbons (Fsp3) is 0.419. The number of carbonyl (C=O) groups is 3. The van der Waals surface area contributed by atoms with E-state index < -0.39 is 13.2 Å². The lowest BCUT2D eigenvalue weighted by atomic mass is 9.98. The van der Waals surface area contributed by atoms with Crippen molar-refractivity contribution in [2.45, 2.75) is 76.4 Å². The van der Waals surface area contributed by atoms with Gasteiger partial charge in [0.05, 0.1) is 24.7 Å². The summed E-state index contributed by atoms with van der Waals surface area (Å²) in [6.45, 7) is 6.77. The van der Waals surface area contributed by atoms with Crippen molar-refractivity contribution in [1.82, 2.24) is 25.5 Å². The molecule has 4 aromatic rings. The van der Waals surface area contributed by atoms with E-state index in [1.807, 2.05) is 48.5 Å². The Kier molecular flexibility index (Phi) is 13.0. The molecule has 7 rings (SSSR count). The number of piperidine rings is 2. The maximum absolute atomic E-state index is 13.2. The number of hydrogen-bond donors (Lipinski definition) is 4. The number of aromatic nitrogens is 2. The minimum Gasteiger partial charge on any atom is -0.494 e. The van der Waals surface area contributed by atoms with Crippen LogP contribution in [0.25, 0.3) is 0 Å². The van der Waals surface area contributed by atoms with Gasteiger partial charge < -0.3 is 35.1 Å². The first-order valence-corrected chi connectivity index (χ1v) is 23.1. The summed E-state index contributed by atoms with van der Waals surface area (Å²) in [5.41, 5.74) is 5.39. The van der Waals surface area contributed by atoms with Crippen molar-refractivity contribution in [2.24, 2.45) is 0 Å². The topological polar surface area (TPSA) is 158 Å². The molecule has 1 aromatic heterocycles. The molecule has 4 heterocycles. The van der Waals surface area contributed by atoms with Crippen molar-refractivity contribution in [2.75, 3.05) is 55.6 Å². The summed E-state index contributed by atoms with van der Waals surface area (Å²) in [5, 5.41) is 13.7. The molecule has 3 aromatic carbocycles. The third-order valence-corrected chi connectivity index (χ3v) is 13.1. The molecule has 0 spiro atoms. The van der Waals surface area contributed by atoms with Crippen molar-refractivity contribution < 1.29 is 23.7 Å². The second kappa shape index (κ2) is 18.3. The van der Waals surface area contributed by atoms with Crippen LogP contribution in [0.3, 0.4) is 0 Å². The van der Waals surface area contributed by atoms with E-state index in [-0.39, 0.29) is 24.1 Å². The van der Waals surface area contributed by atoms with Gasteiger partial charge in [0.2, 0.25) is 17.8 Å². The lowest BCUT2D eigenvalue weighted by Gasteiger charge is -2.34. The zero-order valence-electron chi connectivity index (χ0n) is 33.4. The van der Waals surface area contributed by atoms with E-state index in [2.05, 4.69) is 48.3 Å². The van der Waals surface area contributed by atoms with Crippen LogP contribution >= 0.6 is 18.7 Å². The van der Waals surface area contributed by atoms with E-state index in [1.54, 1.807) is 25.3 Å². The Morgan fingerprint density at radius 1 is 0.931 bits per heavy atom. The quantitative estimate of drug-likeness (QED) is 0.0524. The predicted octanol–water partition coefficient (Wildman–Crippen LogP) is 7.00. The fourth-order valence-electron chi connectivity index (χ4n) is 8.12. The van der Waals surface area contributed by atoms with Crippen LogP contribution in [0.2, 0.25) is 5.02 Å². The molecular weight excluding hydrogens is 775 g/mol. The first-order valence-electron chi connectivity index (χ1n) is 20.1. The summed E-state index contributed by atoms with van der Waals surface area (Å²) in [4.78, 5) is 50.2. The molecule has 3 aliphatic rings. The monoisotopic (exact) mass is 826 g/mol. The number of rotatable bonds is 16. The van der Waals surface area contributed by atoms with Crippen LogP contribution in [0.15, 0.2) is 66.9 Å². The van der Waals surface area contributed by atoms with Gasteiger partial charge in [0.15, 0.2) is 5.82 Å². The van der Waals surface area contributed by atoms with Gasteiger partial charge in [-0.2, -0.15) is 4.98 Å². The molecule has 2 fully saturated rings. The number of hydrogen-bond acceptors (Lipinski definition) is 11. The van der Waals surface area contributed by atoms with Gasteiger partial charge in [0.1, 0.15) is 24.0 Å². The molecule has 3 aliphatic heterocycles.